The summed E-state index contributed by atoms with van der Waals surface area (Å²) in [5.74, 6) is 1.45. The van der Waals surface area contributed by atoms with E-state index in [1.54, 1.807) is 6.08 Å². The second-order valence-electron chi connectivity index (χ2n) is 4.94. The van der Waals surface area contributed by atoms with Crippen LogP contribution < -0.4 is 4.90 Å². The molecule has 0 radical (unpaired) electrons. The molecule has 22 heavy (non-hydrogen) atoms. The molecular formula is C17H15BrN2O2. The molecule has 1 aromatic heterocycles. The van der Waals surface area contributed by atoms with Gasteiger partial charge in [0.2, 0.25) is 5.88 Å². The molecule has 1 fully saturated rings. The SMILES string of the molecule is N#C/C(=C\c1cc(Br)c(N2CCOCC2)o1)c1ccccc1. The molecule has 0 amide bonds. The maximum atomic E-state index is 9.37. The van der Waals surface area contributed by atoms with E-state index in [0.717, 1.165) is 29.0 Å². The van der Waals surface area contributed by atoms with Crippen LogP contribution in [0.4, 0.5) is 5.88 Å². The molecule has 1 aromatic carbocycles. The van der Waals surface area contributed by atoms with Crippen molar-refractivity contribution in [1.29, 1.82) is 5.26 Å². The fourth-order valence-electron chi connectivity index (χ4n) is 2.37. The first-order chi connectivity index (χ1) is 10.8. The first kappa shape index (κ1) is 14.9. The zero-order valence-electron chi connectivity index (χ0n) is 12.0. The lowest BCUT2D eigenvalue weighted by Crippen LogP contribution is -2.36. The molecule has 0 N–H and O–H groups in total. The molecule has 0 unspecified atom stereocenters. The number of ether oxygens (including phenoxy) is 1. The summed E-state index contributed by atoms with van der Waals surface area (Å²) in [6.45, 7) is 3.01. The summed E-state index contributed by atoms with van der Waals surface area (Å²) in [5, 5.41) is 9.37. The van der Waals surface area contributed by atoms with Crippen LogP contribution in [0.5, 0.6) is 0 Å². The summed E-state index contributed by atoms with van der Waals surface area (Å²) in [5.41, 5.74) is 1.46. The zero-order chi connectivity index (χ0) is 15.4. The van der Waals surface area contributed by atoms with Crippen molar-refractivity contribution in [2.75, 3.05) is 31.2 Å². The van der Waals surface area contributed by atoms with Crippen LogP contribution in [-0.4, -0.2) is 26.3 Å². The van der Waals surface area contributed by atoms with E-state index >= 15 is 0 Å². The number of benzene rings is 1. The van der Waals surface area contributed by atoms with Gasteiger partial charge in [0.25, 0.3) is 0 Å². The third-order valence-electron chi connectivity index (χ3n) is 3.48. The molecule has 0 atom stereocenters. The van der Waals surface area contributed by atoms with E-state index in [4.69, 9.17) is 9.15 Å². The Morgan fingerprint density at radius 3 is 2.64 bits per heavy atom. The van der Waals surface area contributed by atoms with Crippen LogP contribution in [0.2, 0.25) is 0 Å². The van der Waals surface area contributed by atoms with Crippen molar-refractivity contribution >= 4 is 33.5 Å². The molecule has 1 aliphatic rings. The highest BCUT2D eigenvalue weighted by molar-refractivity contribution is 9.10. The number of hydrogen-bond donors (Lipinski definition) is 0. The summed E-state index contributed by atoms with van der Waals surface area (Å²) >= 11 is 3.53. The van der Waals surface area contributed by atoms with Gasteiger partial charge in [-0.1, -0.05) is 30.3 Å². The number of morpholine rings is 1. The number of nitrogens with zero attached hydrogens (tertiary/aromatic N) is 2. The number of halogens is 1. The molecule has 112 valence electrons. The molecular weight excluding hydrogens is 344 g/mol. The Morgan fingerprint density at radius 1 is 1.23 bits per heavy atom. The van der Waals surface area contributed by atoms with Crippen LogP contribution in [-0.2, 0) is 4.74 Å². The van der Waals surface area contributed by atoms with Gasteiger partial charge in [-0.25, -0.2) is 0 Å². The van der Waals surface area contributed by atoms with Crippen molar-refractivity contribution in [2.45, 2.75) is 0 Å². The smallest absolute Gasteiger partial charge is 0.210 e. The van der Waals surface area contributed by atoms with Crippen LogP contribution in [0.15, 0.2) is 45.3 Å². The van der Waals surface area contributed by atoms with Crippen molar-refractivity contribution in [3.8, 4) is 6.07 Å². The predicted molar refractivity (Wildman–Crippen MR) is 89.4 cm³/mol. The maximum absolute atomic E-state index is 9.37. The standard InChI is InChI=1S/C17H15BrN2O2/c18-16-11-15(22-17(16)20-6-8-21-9-7-20)10-14(12-19)13-4-2-1-3-5-13/h1-5,10-11H,6-9H2/b14-10+. The van der Waals surface area contributed by atoms with Gasteiger partial charge in [0.15, 0.2) is 0 Å². The maximum Gasteiger partial charge on any atom is 0.210 e. The molecule has 0 spiro atoms. The Balaban J connectivity index is 1.89. The minimum Gasteiger partial charge on any atom is -0.440 e. The lowest BCUT2D eigenvalue weighted by atomic mass is 10.1. The van der Waals surface area contributed by atoms with E-state index in [0.29, 0.717) is 24.5 Å². The molecule has 4 nitrogen and oxygen atoms in total. The molecule has 1 saturated heterocycles. The lowest BCUT2D eigenvalue weighted by Gasteiger charge is -2.26. The largest absolute Gasteiger partial charge is 0.440 e. The van der Waals surface area contributed by atoms with Gasteiger partial charge in [0, 0.05) is 19.2 Å². The highest BCUT2D eigenvalue weighted by Gasteiger charge is 2.18. The molecule has 0 bridgehead atoms. The first-order valence-corrected chi connectivity index (χ1v) is 7.86. The van der Waals surface area contributed by atoms with Gasteiger partial charge in [0.05, 0.1) is 29.3 Å². The molecule has 2 heterocycles. The molecule has 5 heteroatoms. The highest BCUT2D eigenvalue weighted by Crippen LogP contribution is 2.32. The normalized spacial score (nSPS) is 15.6. The lowest BCUT2D eigenvalue weighted by molar-refractivity contribution is 0.120. The van der Waals surface area contributed by atoms with Crippen molar-refractivity contribution in [3.05, 3.63) is 52.2 Å². The van der Waals surface area contributed by atoms with E-state index in [1.807, 2.05) is 36.4 Å². The molecule has 0 saturated carbocycles. The van der Waals surface area contributed by atoms with Gasteiger partial charge in [-0.05, 0) is 27.6 Å². The molecule has 0 aliphatic carbocycles. The van der Waals surface area contributed by atoms with Crippen LogP contribution in [0, 0.1) is 11.3 Å². The Kier molecular flexibility index (Phi) is 4.62. The van der Waals surface area contributed by atoms with Gasteiger partial charge in [-0.3, -0.25) is 0 Å². The summed E-state index contributed by atoms with van der Waals surface area (Å²) in [7, 11) is 0. The van der Waals surface area contributed by atoms with E-state index < -0.39 is 0 Å². The number of hydrogen-bond acceptors (Lipinski definition) is 4. The Bertz CT molecular complexity index is 710. The fraction of sp³-hybridized carbons (Fsp3) is 0.235. The summed E-state index contributed by atoms with van der Waals surface area (Å²) in [6.07, 6.45) is 1.77. The van der Waals surface area contributed by atoms with Crippen molar-refractivity contribution in [1.82, 2.24) is 0 Å². The van der Waals surface area contributed by atoms with Gasteiger partial charge in [0.1, 0.15) is 5.76 Å². The van der Waals surface area contributed by atoms with E-state index in [9.17, 15) is 5.26 Å². The van der Waals surface area contributed by atoms with E-state index in [-0.39, 0.29) is 0 Å². The summed E-state index contributed by atoms with van der Waals surface area (Å²) < 4.78 is 12.2. The number of anilines is 1. The van der Waals surface area contributed by atoms with Gasteiger partial charge >= 0.3 is 0 Å². The van der Waals surface area contributed by atoms with Crippen molar-refractivity contribution < 1.29 is 9.15 Å². The second-order valence-corrected chi connectivity index (χ2v) is 5.79. The van der Waals surface area contributed by atoms with Crippen LogP contribution in [0.3, 0.4) is 0 Å². The first-order valence-electron chi connectivity index (χ1n) is 7.07. The third kappa shape index (κ3) is 3.24. The molecule has 3 rings (SSSR count). The number of rotatable bonds is 3. The van der Waals surface area contributed by atoms with Crippen molar-refractivity contribution in [3.63, 3.8) is 0 Å². The van der Waals surface area contributed by atoms with Crippen molar-refractivity contribution in [2.24, 2.45) is 0 Å². The Morgan fingerprint density at radius 2 is 1.95 bits per heavy atom. The number of furan rings is 1. The minimum atomic E-state index is 0.579. The summed E-state index contributed by atoms with van der Waals surface area (Å²) in [6, 6.07) is 13.7. The average molecular weight is 359 g/mol. The predicted octanol–water partition coefficient (Wildman–Crippen LogP) is 3.94. The van der Waals surface area contributed by atoms with Gasteiger partial charge in [-0.15, -0.1) is 0 Å². The molecule has 1 aliphatic heterocycles. The topological polar surface area (TPSA) is 49.4 Å². The Hall–Kier alpha value is -2.03. The quantitative estimate of drug-likeness (QED) is 0.779. The van der Waals surface area contributed by atoms with Crippen LogP contribution >= 0.6 is 15.9 Å². The Labute approximate surface area is 137 Å². The van der Waals surface area contributed by atoms with Crippen LogP contribution in [0.1, 0.15) is 11.3 Å². The fourth-order valence-corrected chi connectivity index (χ4v) is 2.93. The zero-order valence-corrected chi connectivity index (χ0v) is 13.5. The van der Waals surface area contributed by atoms with Crippen LogP contribution in [0.25, 0.3) is 11.6 Å². The summed E-state index contributed by atoms with van der Waals surface area (Å²) in [4.78, 5) is 2.14. The minimum absolute atomic E-state index is 0.579. The third-order valence-corrected chi connectivity index (χ3v) is 4.05. The van der Waals surface area contributed by atoms with E-state index in [2.05, 4.69) is 26.9 Å². The average Bonchev–Trinajstić information content (AvgIpc) is 2.95. The van der Waals surface area contributed by atoms with Gasteiger partial charge < -0.3 is 14.1 Å². The second kappa shape index (κ2) is 6.82. The van der Waals surface area contributed by atoms with E-state index in [1.165, 1.54) is 0 Å². The number of nitriles is 1. The highest BCUT2D eigenvalue weighted by atomic mass is 79.9. The number of allylic oxidation sites excluding steroid dienone is 1. The van der Waals surface area contributed by atoms with Gasteiger partial charge in [-0.2, -0.15) is 5.26 Å². The monoisotopic (exact) mass is 358 g/mol. The molecule has 2 aromatic rings.